The molecule has 11 nitrogen and oxygen atoms in total. The van der Waals surface area contributed by atoms with Crippen molar-refractivity contribution in [2.75, 3.05) is 37.7 Å². The van der Waals surface area contributed by atoms with E-state index in [0.29, 0.717) is 67.2 Å². The number of nitro groups is 1. The summed E-state index contributed by atoms with van der Waals surface area (Å²) in [4.78, 5) is 31.1. The number of fused-ring (bicyclic) bond motifs is 1. The number of non-ortho nitro benzene ring substituents is 1. The molecule has 226 valence electrons. The quantitative estimate of drug-likeness (QED) is 0.207. The van der Waals surface area contributed by atoms with Crippen LogP contribution in [-0.2, 0) is 30.3 Å². The van der Waals surface area contributed by atoms with Gasteiger partial charge in [0.25, 0.3) is 5.69 Å². The van der Waals surface area contributed by atoms with E-state index in [-0.39, 0.29) is 35.2 Å². The number of piperazine rings is 1. The summed E-state index contributed by atoms with van der Waals surface area (Å²) < 4.78 is 71.5. The minimum atomic E-state index is -4.43. The Kier molecular flexibility index (Phi) is 8.80. The van der Waals surface area contributed by atoms with Crippen LogP contribution in [0.3, 0.4) is 0 Å². The Morgan fingerprint density at radius 3 is 2.40 bits per heavy atom. The van der Waals surface area contributed by atoms with Crippen molar-refractivity contribution in [2.24, 2.45) is 0 Å². The number of hydrogen-bond donors (Lipinski definition) is 2. The van der Waals surface area contributed by atoms with Crippen molar-refractivity contribution in [1.82, 2.24) is 14.6 Å². The van der Waals surface area contributed by atoms with Gasteiger partial charge in [0.1, 0.15) is 6.61 Å². The molecule has 2 aliphatic rings. The van der Waals surface area contributed by atoms with Gasteiger partial charge in [-0.2, -0.15) is 17.7 Å². The number of thiazole rings is 1. The second kappa shape index (κ2) is 12.2. The zero-order valence-corrected chi connectivity index (χ0v) is 23.9. The number of alkyl halides is 3. The van der Waals surface area contributed by atoms with Crippen LogP contribution in [0.1, 0.15) is 31.2 Å². The second-order valence-electron chi connectivity index (χ2n) is 10.2. The van der Waals surface area contributed by atoms with Crippen LogP contribution in [0.4, 0.5) is 24.0 Å². The Hall–Kier alpha value is -3.18. The van der Waals surface area contributed by atoms with Crippen molar-refractivity contribution in [3.05, 3.63) is 58.1 Å². The summed E-state index contributed by atoms with van der Waals surface area (Å²) in [6.07, 6.45) is -2.26. The molecule has 0 bridgehead atoms. The minimum Gasteiger partial charge on any atom is -0.368 e. The number of aromatic nitrogens is 1. The standard InChI is InChI=1S/C26H28F3N5O6S2/c27-26(28,29)17-1-10-23-22(15-17)30-25(41-23)33-13-11-32(12-14-33)24(35)16-40-20-6-2-18(3-7-20)31-42(38,39)21-8-4-19(5-9-21)34(36)37/h1,4-5,8-10,15,18,20H,2-3,6-7,11-14,16H2,(H-,31,38,39)/p+1. The summed E-state index contributed by atoms with van der Waals surface area (Å²) in [6, 6.07) is 8.19. The van der Waals surface area contributed by atoms with Crippen molar-refractivity contribution in [2.45, 2.75) is 48.9 Å². The molecule has 5 rings (SSSR count). The molecule has 3 aromatic rings. The molecule has 1 aromatic heterocycles. The van der Waals surface area contributed by atoms with Crippen molar-refractivity contribution in [3.63, 3.8) is 0 Å². The smallest absolute Gasteiger partial charge is 0.368 e. The average Bonchev–Trinajstić information content (AvgIpc) is 3.40. The maximum atomic E-state index is 13.0. The van der Waals surface area contributed by atoms with Crippen molar-refractivity contribution < 1.29 is 36.4 Å². The highest BCUT2D eigenvalue weighted by Gasteiger charge is 2.36. The highest BCUT2D eigenvalue weighted by molar-refractivity contribution is 7.95. The third kappa shape index (κ3) is 7.06. The third-order valence-electron chi connectivity index (χ3n) is 7.42. The number of halogens is 3. The van der Waals surface area contributed by atoms with E-state index in [1.54, 1.807) is 4.90 Å². The van der Waals surface area contributed by atoms with Gasteiger partial charge in [-0.25, -0.2) is 4.98 Å². The topological polar surface area (TPSA) is 138 Å². The van der Waals surface area contributed by atoms with Gasteiger partial charge in [-0.05, 0) is 48.1 Å². The molecular weight excluding hydrogens is 599 g/mol. The highest BCUT2D eigenvalue weighted by Crippen LogP contribution is 2.35. The number of nitro benzene ring substituents is 1. The molecule has 1 saturated carbocycles. The van der Waals surface area contributed by atoms with E-state index in [1.807, 2.05) is 4.90 Å². The summed E-state index contributed by atoms with van der Waals surface area (Å²) in [5, 5.41) is 11.4. The summed E-state index contributed by atoms with van der Waals surface area (Å²) in [6.45, 7) is 1.81. The van der Waals surface area contributed by atoms with Crippen LogP contribution < -0.4 is 9.62 Å². The number of anilines is 1. The molecule has 0 radical (unpaired) electrons. The molecule has 2 N–H and O–H groups in total. The van der Waals surface area contributed by atoms with Crippen molar-refractivity contribution in [3.8, 4) is 0 Å². The molecule has 42 heavy (non-hydrogen) atoms. The molecule has 2 heterocycles. The number of hydrogen-bond acceptors (Lipinski definition) is 8. The average molecular weight is 629 g/mol. The number of carbonyl (C=O) groups excluding carboxylic acids is 1. The lowest BCUT2D eigenvalue weighted by Gasteiger charge is -2.35. The largest absolute Gasteiger partial charge is 0.416 e. The number of benzene rings is 2. The summed E-state index contributed by atoms with van der Waals surface area (Å²) in [7, 11) is -3.58. The van der Waals surface area contributed by atoms with Gasteiger partial charge < -0.3 is 14.5 Å². The van der Waals surface area contributed by atoms with Crippen LogP contribution in [0.25, 0.3) is 10.2 Å². The predicted octanol–water partition coefficient (Wildman–Crippen LogP) is 4.74. The molecule has 1 amide bonds. The Balaban J connectivity index is 1.04. The zero-order chi connectivity index (χ0) is 30.1. The first-order chi connectivity index (χ1) is 19.9. The van der Waals surface area contributed by atoms with Gasteiger partial charge in [0, 0.05) is 50.4 Å². The first-order valence-electron chi connectivity index (χ1n) is 13.3. The van der Waals surface area contributed by atoms with E-state index >= 15 is 0 Å². The van der Waals surface area contributed by atoms with Crippen LogP contribution in [0.5, 0.6) is 0 Å². The SMILES string of the molecule is O=C(COC1CCC(N[S+](=O)(O)c2ccc([N+](=O)[O-])cc2)CC1)N1CCN(c2nc3cc(C(F)(F)F)ccc3s2)CC1. The maximum absolute atomic E-state index is 13.0. The van der Waals surface area contributed by atoms with E-state index in [2.05, 4.69) is 9.71 Å². The number of nitrogens with zero attached hydrogens (tertiary/aromatic N) is 4. The Morgan fingerprint density at radius 1 is 1.12 bits per heavy atom. The number of ether oxygens (including phenoxy) is 1. The van der Waals surface area contributed by atoms with Crippen molar-refractivity contribution in [1.29, 1.82) is 0 Å². The number of nitrogens with one attached hydrogen (secondary N) is 1. The summed E-state index contributed by atoms with van der Waals surface area (Å²) in [5.41, 5.74) is -0.598. The number of carbonyl (C=O) groups is 1. The van der Waals surface area contributed by atoms with Crippen molar-refractivity contribution >= 4 is 48.7 Å². The fourth-order valence-electron chi connectivity index (χ4n) is 5.05. The normalized spacial score (nSPS) is 21.3. The van der Waals surface area contributed by atoms with E-state index < -0.39 is 27.1 Å². The monoisotopic (exact) mass is 628 g/mol. The van der Waals surface area contributed by atoms with Gasteiger partial charge in [-0.15, -0.1) is 4.72 Å². The van der Waals surface area contributed by atoms with E-state index in [9.17, 15) is 36.8 Å². The lowest BCUT2D eigenvalue weighted by atomic mass is 9.94. The molecule has 1 saturated heterocycles. The Morgan fingerprint density at radius 2 is 1.79 bits per heavy atom. The second-order valence-corrected chi connectivity index (χ2v) is 13.0. The molecule has 2 aromatic carbocycles. The molecule has 16 heteroatoms. The van der Waals surface area contributed by atoms with Crippen LogP contribution in [0.15, 0.2) is 47.4 Å². The van der Waals surface area contributed by atoms with Gasteiger partial charge in [-0.3, -0.25) is 14.9 Å². The zero-order valence-electron chi connectivity index (χ0n) is 22.3. The van der Waals surface area contributed by atoms with Gasteiger partial charge in [0.05, 0.1) is 32.8 Å². The molecule has 1 unspecified atom stereocenters. The lowest BCUT2D eigenvalue weighted by molar-refractivity contribution is -0.384. The molecule has 1 atom stereocenters. The van der Waals surface area contributed by atoms with E-state index in [4.69, 9.17) is 4.74 Å². The van der Waals surface area contributed by atoms with Gasteiger partial charge in [-0.1, -0.05) is 11.3 Å². The fraction of sp³-hybridized carbons (Fsp3) is 0.462. The van der Waals surface area contributed by atoms with Crippen LogP contribution in [0, 0.1) is 10.1 Å². The van der Waals surface area contributed by atoms with Crippen LogP contribution in [-0.4, -0.2) is 70.2 Å². The maximum Gasteiger partial charge on any atom is 0.416 e. The van der Waals surface area contributed by atoms with E-state index in [0.717, 1.165) is 12.1 Å². The summed E-state index contributed by atoms with van der Waals surface area (Å²) in [5.74, 6) is -0.148. The summed E-state index contributed by atoms with van der Waals surface area (Å²) >= 11 is 1.32. The lowest BCUT2D eigenvalue weighted by Crippen LogP contribution is -2.50. The predicted molar refractivity (Wildman–Crippen MR) is 151 cm³/mol. The van der Waals surface area contributed by atoms with Crippen LogP contribution in [0.2, 0.25) is 0 Å². The van der Waals surface area contributed by atoms with E-state index in [1.165, 1.54) is 41.7 Å². The van der Waals surface area contributed by atoms with Gasteiger partial charge >= 0.3 is 16.6 Å². The molecule has 2 fully saturated rings. The first-order valence-corrected chi connectivity index (χ1v) is 15.6. The van der Waals surface area contributed by atoms with Gasteiger partial charge in [0.15, 0.2) is 5.13 Å². The fourth-order valence-corrected chi connectivity index (χ4v) is 7.37. The molecule has 1 aliphatic carbocycles. The number of amides is 1. The third-order valence-corrected chi connectivity index (χ3v) is 10.1. The Bertz CT molecular complexity index is 1490. The first kappa shape index (κ1) is 30.3. The van der Waals surface area contributed by atoms with Gasteiger partial charge in [0.2, 0.25) is 10.8 Å². The minimum absolute atomic E-state index is 0.0656. The molecule has 0 spiro atoms. The Labute approximate surface area is 244 Å². The van der Waals surface area contributed by atoms with Crippen LogP contribution >= 0.6 is 11.3 Å². The molecular formula is C26H29F3N5O6S2+. The highest BCUT2D eigenvalue weighted by atomic mass is 32.3. The molecule has 1 aliphatic heterocycles. The number of rotatable bonds is 8.